The molecule has 188 valence electrons. The van der Waals surface area contributed by atoms with Gasteiger partial charge in [0.05, 0.1) is 0 Å². The van der Waals surface area contributed by atoms with Crippen LogP contribution in [-0.4, -0.2) is 40.0 Å². The maximum absolute atomic E-state index is 13.8. The third kappa shape index (κ3) is 3.91. The first-order valence-electron chi connectivity index (χ1n) is 13.2. The van der Waals surface area contributed by atoms with E-state index >= 15 is 0 Å². The van der Waals surface area contributed by atoms with Crippen LogP contribution in [0.1, 0.15) is 86.5 Å². The van der Waals surface area contributed by atoms with E-state index in [9.17, 15) is 19.5 Å². The van der Waals surface area contributed by atoms with Gasteiger partial charge in [-0.25, -0.2) is 9.59 Å². The second kappa shape index (κ2) is 8.83. The second-order valence-electron chi connectivity index (χ2n) is 12.2. The maximum Gasteiger partial charge on any atom is 0.331 e. The summed E-state index contributed by atoms with van der Waals surface area (Å²) in [7, 11) is 0. The minimum atomic E-state index is -0.797. The Bertz CT molecular complexity index is 935. The summed E-state index contributed by atoms with van der Waals surface area (Å²) in [5.41, 5.74) is 1.67. The van der Waals surface area contributed by atoms with Crippen LogP contribution in [0, 0.1) is 34.5 Å². The summed E-state index contributed by atoms with van der Waals surface area (Å²) < 4.78 is 0. The fourth-order valence-corrected chi connectivity index (χ4v) is 7.97. The summed E-state index contributed by atoms with van der Waals surface area (Å²) in [5, 5.41) is 12.4. The number of carbonyl (C=O) groups is 3. The van der Waals surface area contributed by atoms with Gasteiger partial charge in [0, 0.05) is 23.6 Å². The van der Waals surface area contributed by atoms with Gasteiger partial charge in [0.15, 0.2) is 0 Å². The van der Waals surface area contributed by atoms with Gasteiger partial charge in [-0.05, 0) is 113 Å². The molecule has 2 N–H and O–H groups in total. The van der Waals surface area contributed by atoms with Crippen molar-refractivity contribution in [1.29, 1.82) is 0 Å². The Morgan fingerprint density at radius 2 is 1.76 bits per heavy atom. The van der Waals surface area contributed by atoms with Gasteiger partial charge < -0.3 is 10.4 Å². The zero-order valence-electron chi connectivity index (χ0n) is 21.7. The molecular weight excluding hydrogens is 428 g/mol. The first kappa shape index (κ1) is 25.0. The SMILES string of the molecule is CC(C)NC(=O)N(C(=O)[C@H]1CC[C@H]2[C@@H]3CC=C4C=C(C(=O)O)CC[C@]4(C)[C@H]3CC[C@]12C)C(C)C. The number of amides is 3. The molecule has 0 aromatic heterocycles. The summed E-state index contributed by atoms with van der Waals surface area (Å²) in [6.45, 7) is 12.3. The number of rotatable bonds is 4. The van der Waals surface area contributed by atoms with E-state index in [2.05, 4.69) is 25.2 Å². The van der Waals surface area contributed by atoms with Crippen molar-refractivity contribution in [3.63, 3.8) is 0 Å². The van der Waals surface area contributed by atoms with Crippen LogP contribution < -0.4 is 5.32 Å². The minimum Gasteiger partial charge on any atom is -0.478 e. The number of nitrogens with one attached hydrogen (secondary N) is 1. The highest BCUT2D eigenvalue weighted by atomic mass is 16.4. The number of aliphatic carboxylic acids is 1. The summed E-state index contributed by atoms with van der Waals surface area (Å²) in [5.74, 6) is 0.568. The number of urea groups is 1. The van der Waals surface area contributed by atoms with Gasteiger partial charge in [-0.3, -0.25) is 9.69 Å². The predicted octanol–water partition coefficient (Wildman–Crippen LogP) is 5.54. The molecule has 0 aromatic carbocycles. The van der Waals surface area contributed by atoms with Crippen molar-refractivity contribution in [2.24, 2.45) is 34.5 Å². The third-order valence-electron chi connectivity index (χ3n) is 9.73. The van der Waals surface area contributed by atoms with E-state index < -0.39 is 5.97 Å². The third-order valence-corrected chi connectivity index (χ3v) is 9.73. The van der Waals surface area contributed by atoms with Crippen molar-refractivity contribution in [1.82, 2.24) is 10.2 Å². The molecule has 0 bridgehead atoms. The van der Waals surface area contributed by atoms with E-state index in [0.29, 0.717) is 29.7 Å². The maximum atomic E-state index is 13.8. The lowest BCUT2D eigenvalue weighted by atomic mass is 9.48. The summed E-state index contributed by atoms with van der Waals surface area (Å²) in [6, 6.07) is -0.474. The number of allylic oxidation sites excluding steroid dienone is 3. The predicted molar refractivity (Wildman–Crippen MR) is 132 cm³/mol. The lowest BCUT2D eigenvalue weighted by molar-refractivity contribution is -0.140. The fourth-order valence-electron chi connectivity index (χ4n) is 7.97. The van der Waals surface area contributed by atoms with Crippen molar-refractivity contribution in [3.8, 4) is 0 Å². The van der Waals surface area contributed by atoms with Crippen molar-refractivity contribution >= 4 is 17.9 Å². The van der Waals surface area contributed by atoms with Crippen molar-refractivity contribution in [3.05, 3.63) is 23.3 Å². The number of carboxylic acid groups (broad SMARTS) is 1. The molecule has 0 spiro atoms. The van der Waals surface area contributed by atoms with E-state index in [0.717, 1.165) is 38.5 Å². The Balaban J connectivity index is 1.59. The zero-order chi connectivity index (χ0) is 25.0. The molecule has 6 atom stereocenters. The highest BCUT2D eigenvalue weighted by molar-refractivity contribution is 5.96. The van der Waals surface area contributed by atoms with Gasteiger partial charge in [0.1, 0.15) is 0 Å². The Kier molecular flexibility index (Phi) is 6.50. The van der Waals surface area contributed by atoms with Crippen LogP contribution in [0.3, 0.4) is 0 Å². The molecule has 2 fully saturated rings. The fraction of sp³-hybridized carbons (Fsp3) is 0.750. The topological polar surface area (TPSA) is 86.7 Å². The van der Waals surface area contributed by atoms with Crippen molar-refractivity contribution < 1.29 is 19.5 Å². The molecule has 0 aromatic rings. The quantitative estimate of drug-likeness (QED) is 0.565. The zero-order valence-corrected chi connectivity index (χ0v) is 21.7. The lowest BCUT2D eigenvalue weighted by Gasteiger charge is -2.57. The number of imide groups is 1. The summed E-state index contributed by atoms with van der Waals surface area (Å²) >= 11 is 0. The van der Waals surface area contributed by atoms with Crippen LogP contribution >= 0.6 is 0 Å². The first-order valence-corrected chi connectivity index (χ1v) is 13.2. The second-order valence-corrected chi connectivity index (χ2v) is 12.2. The van der Waals surface area contributed by atoms with Crippen LogP contribution in [-0.2, 0) is 9.59 Å². The highest BCUT2D eigenvalue weighted by Gasteiger charge is 2.60. The number of carboxylic acids is 1. The molecule has 4 aliphatic carbocycles. The van der Waals surface area contributed by atoms with Crippen LogP contribution in [0.15, 0.2) is 23.3 Å². The number of hydrogen-bond donors (Lipinski definition) is 2. The van der Waals surface area contributed by atoms with Gasteiger partial charge in [-0.15, -0.1) is 0 Å². The first-order chi connectivity index (χ1) is 15.9. The van der Waals surface area contributed by atoms with Gasteiger partial charge >= 0.3 is 12.0 Å². The van der Waals surface area contributed by atoms with E-state index in [-0.39, 0.29) is 40.8 Å². The molecule has 2 saturated carbocycles. The summed E-state index contributed by atoms with van der Waals surface area (Å²) in [4.78, 5) is 39.7. The van der Waals surface area contributed by atoms with E-state index in [1.807, 2.05) is 33.8 Å². The van der Waals surface area contributed by atoms with Crippen molar-refractivity contribution in [2.75, 3.05) is 0 Å². The van der Waals surface area contributed by atoms with E-state index in [1.54, 1.807) is 0 Å². The van der Waals surface area contributed by atoms with Crippen LogP contribution in [0.2, 0.25) is 0 Å². The van der Waals surface area contributed by atoms with Crippen LogP contribution in [0.25, 0.3) is 0 Å². The van der Waals surface area contributed by atoms with Gasteiger partial charge in [0.2, 0.25) is 5.91 Å². The molecule has 3 amide bonds. The molecule has 4 aliphatic rings. The average Bonchev–Trinajstić information content (AvgIpc) is 3.09. The Morgan fingerprint density at radius 3 is 2.38 bits per heavy atom. The molecule has 0 radical (unpaired) electrons. The monoisotopic (exact) mass is 470 g/mol. The smallest absolute Gasteiger partial charge is 0.331 e. The van der Waals surface area contributed by atoms with Gasteiger partial charge in [-0.1, -0.05) is 19.9 Å². The average molecular weight is 471 g/mol. The van der Waals surface area contributed by atoms with E-state index in [4.69, 9.17) is 0 Å². The van der Waals surface area contributed by atoms with Crippen LogP contribution in [0.5, 0.6) is 0 Å². The molecule has 4 rings (SSSR count). The van der Waals surface area contributed by atoms with Gasteiger partial charge in [-0.2, -0.15) is 0 Å². The Hall–Kier alpha value is -2.11. The Labute approximate surface area is 204 Å². The number of nitrogens with zero attached hydrogens (tertiary/aromatic N) is 1. The molecule has 0 unspecified atom stereocenters. The van der Waals surface area contributed by atoms with E-state index in [1.165, 1.54) is 10.5 Å². The minimum absolute atomic E-state index is 0.0125. The van der Waals surface area contributed by atoms with Gasteiger partial charge in [0.25, 0.3) is 0 Å². The number of fused-ring (bicyclic) bond motifs is 5. The molecule has 6 heteroatoms. The molecule has 6 nitrogen and oxygen atoms in total. The van der Waals surface area contributed by atoms with Crippen molar-refractivity contribution in [2.45, 2.75) is 98.6 Å². The molecular formula is C28H42N2O4. The number of hydrogen-bond acceptors (Lipinski definition) is 3. The molecule has 0 aliphatic heterocycles. The number of carbonyl (C=O) groups excluding carboxylic acids is 2. The molecule has 34 heavy (non-hydrogen) atoms. The molecule has 0 heterocycles. The lowest BCUT2D eigenvalue weighted by Crippen LogP contribution is -2.55. The van der Waals surface area contributed by atoms with Crippen LogP contribution in [0.4, 0.5) is 4.79 Å². The molecule has 0 saturated heterocycles. The largest absolute Gasteiger partial charge is 0.478 e. The normalized spacial score (nSPS) is 36.7. The highest BCUT2D eigenvalue weighted by Crippen LogP contribution is 2.66. The Morgan fingerprint density at radius 1 is 1.06 bits per heavy atom. The standard InChI is InChI=1S/C28H42N2O4/c1-16(2)29-26(34)30(17(3)4)24(31)23-10-9-21-20-8-7-19-15-18(25(32)33)11-13-27(19,5)22(20)12-14-28(21,23)6/h7,15-17,20-23H,8-14H2,1-6H3,(H,29,34)(H,32,33)/t20-,21-,22-,23+,27-,28-/m0/s1. The summed E-state index contributed by atoms with van der Waals surface area (Å²) in [6.07, 6.45) is 10.6.